The number of carbonyl (C=O) groups excluding carboxylic acids is 1. The summed E-state index contributed by atoms with van der Waals surface area (Å²) in [6.45, 7) is 6.52. The molecule has 0 unspecified atom stereocenters. The number of nitrogens with zero attached hydrogens (tertiary/aromatic N) is 1. The molecular formula is C10H23N3O4S. The molecule has 0 radical (unpaired) electrons. The van der Waals surface area contributed by atoms with Crippen LogP contribution in [0.5, 0.6) is 0 Å². The molecule has 0 bridgehead atoms. The Balaban J connectivity index is 4.67. The van der Waals surface area contributed by atoms with Gasteiger partial charge in [0.2, 0.25) is 0 Å². The highest BCUT2D eigenvalue weighted by Crippen LogP contribution is 2.05. The van der Waals surface area contributed by atoms with Crippen molar-refractivity contribution in [1.82, 2.24) is 9.03 Å². The molecule has 0 aromatic carbocycles. The SMILES string of the molecule is CCOC(=O)NS(=O)(=O)N(CCCN)CC(C)C. The Kier molecular flexibility index (Phi) is 7.88. The minimum absolute atomic E-state index is 0.119. The molecule has 0 aliphatic rings. The molecule has 0 saturated heterocycles. The van der Waals surface area contributed by atoms with Crippen molar-refractivity contribution in [2.75, 3.05) is 26.2 Å². The molecule has 7 nitrogen and oxygen atoms in total. The monoisotopic (exact) mass is 281 g/mol. The van der Waals surface area contributed by atoms with E-state index in [-0.39, 0.29) is 19.1 Å². The van der Waals surface area contributed by atoms with E-state index in [1.807, 2.05) is 18.6 Å². The number of carbonyl (C=O) groups is 1. The maximum absolute atomic E-state index is 11.9. The number of nitrogens with one attached hydrogen (secondary N) is 1. The summed E-state index contributed by atoms with van der Waals surface area (Å²) in [6.07, 6.45) is -0.421. The lowest BCUT2D eigenvalue weighted by Crippen LogP contribution is -2.45. The number of amides is 1. The summed E-state index contributed by atoms with van der Waals surface area (Å²) in [5, 5.41) is 0. The van der Waals surface area contributed by atoms with Crippen molar-refractivity contribution in [3.05, 3.63) is 0 Å². The second-order valence-corrected chi connectivity index (χ2v) is 5.89. The van der Waals surface area contributed by atoms with Gasteiger partial charge in [-0.25, -0.2) is 9.52 Å². The molecule has 0 aliphatic carbocycles. The minimum Gasteiger partial charge on any atom is -0.449 e. The van der Waals surface area contributed by atoms with Crippen LogP contribution >= 0.6 is 0 Å². The van der Waals surface area contributed by atoms with Crippen LogP contribution in [0, 0.1) is 5.92 Å². The van der Waals surface area contributed by atoms with Gasteiger partial charge in [-0.05, 0) is 25.8 Å². The summed E-state index contributed by atoms with van der Waals surface area (Å²) in [5.74, 6) is 0.154. The molecule has 0 atom stereocenters. The fourth-order valence-corrected chi connectivity index (χ4v) is 2.58. The van der Waals surface area contributed by atoms with Crippen LogP contribution in [0.2, 0.25) is 0 Å². The highest BCUT2D eigenvalue weighted by molar-refractivity contribution is 7.87. The molecule has 0 fully saturated rings. The van der Waals surface area contributed by atoms with Gasteiger partial charge < -0.3 is 10.5 Å². The summed E-state index contributed by atoms with van der Waals surface area (Å²) in [6, 6.07) is 0. The maximum atomic E-state index is 11.9. The van der Waals surface area contributed by atoms with E-state index in [1.165, 1.54) is 4.31 Å². The molecule has 0 rings (SSSR count). The van der Waals surface area contributed by atoms with Crippen LogP contribution in [0.4, 0.5) is 4.79 Å². The predicted molar refractivity (Wildman–Crippen MR) is 69.2 cm³/mol. The van der Waals surface area contributed by atoms with E-state index in [2.05, 4.69) is 4.74 Å². The van der Waals surface area contributed by atoms with Crippen molar-refractivity contribution in [2.45, 2.75) is 27.2 Å². The Labute approximate surface area is 109 Å². The van der Waals surface area contributed by atoms with Crippen molar-refractivity contribution in [3.8, 4) is 0 Å². The van der Waals surface area contributed by atoms with E-state index in [9.17, 15) is 13.2 Å². The van der Waals surface area contributed by atoms with Crippen LogP contribution in [0.25, 0.3) is 0 Å². The van der Waals surface area contributed by atoms with Crippen LogP contribution in [0.3, 0.4) is 0 Å². The first-order chi connectivity index (χ1) is 8.33. The van der Waals surface area contributed by atoms with E-state index in [1.54, 1.807) is 6.92 Å². The van der Waals surface area contributed by atoms with E-state index in [0.717, 1.165) is 0 Å². The minimum atomic E-state index is -3.86. The van der Waals surface area contributed by atoms with Gasteiger partial charge >= 0.3 is 16.3 Å². The third kappa shape index (κ3) is 6.77. The average molecular weight is 281 g/mol. The number of nitrogens with two attached hydrogens (primary N) is 1. The number of rotatable bonds is 8. The van der Waals surface area contributed by atoms with Crippen molar-refractivity contribution < 1.29 is 17.9 Å². The van der Waals surface area contributed by atoms with Crippen molar-refractivity contribution >= 4 is 16.3 Å². The molecular weight excluding hydrogens is 258 g/mol. The predicted octanol–water partition coefficient (Wildman–Crippen LogP) is 0.284. The van der Waals surface area contributed by atoms with Gasteiger partial charge in [-0.3, -0.25) is 0 Å². The second-order valence-electron chi connectivity index (χ2n) is 4.22. The van der Waals surface area contributed by atoms with E-state index >= 15 is 0 Å². The second kappa shape index (κ2) is 8.28. The third-order valence-electron chi connectivity index (χ3n) is 2.01. The van der Waals surface area contributed by atoms with Crippen molar-refractivity contribution in [2.24, 2.45) is 11.7 Å². The van der Waals surface area contributed by atoms with Crippen LogP contribution in [0.1, 0.15) is 27.2 Å². The topological polar surface area (TPSA) is 102 Å². The summed E-state index contributed by atoms with van der Waals surface area (Å²) in [5.41, 5.74) is 5.37. The van der Waals surface area contributed by atoms with Gasteiger partial charge in [0, 0.05) is 13.1 Å². The van der Waals surface area contributed by atoms with E-state index < -0.39 is 16.3 Å². The zero-order valence-corrected chi connectivity index (χ0v) is 12.0. The Hall–Kier alpha value is -0.860. The zero-order chi connectivity index (χ0) is 14.2. The van der Waals surface area contributed by atoms with Crippen molar-refractivity contribution in [3.63, 3.8) is 0 Å². The molecule has 0 aromatic heterocycles. The highest BCUT2D eigenvalue weighted by atomic mass is 32.2. The first-order valence-electron chi connectivity index (χ1n) is 5.98. The van der Waals surface area contributed by atoms with Gasteiger partial charge in [0.25, 0.3) is 0 Å². The normalized spacial score (nSPS) is 11.9. The molecule has 108 valence electrons. The smallest absolute Gasteiger partial charge is 0.421 e. The average Bonchev–Trinajstić information content (AvgIpc) is 2.23. The van der Waals surface area contributed by atoms with Gasteiger partial charge in [0.05, 0.1) is 6.61 Å². The standard InChI is InChI=1S/C10H23N3O4S/c1-4-17-10(14)12-18(15,16)13(7-5-6-11)8-9(2)3/h9H,4-8,11H2,1-3H3,(H,12,14). The first kappa shape index (κ1) is 17.1. The zero-order valence-electron chi connectivity index (χ0n) is 11.2. The molecule has 8 heteroatoms. The summed E-state index contributed by atoms with van der Waals surface area (Å²) in [7, 11) is -3.86. The number of ether oxygens (including phenoxy) is 1. The van der Waals surface area contributed by atoms with Gasteiger partial charge in [-0.1, -0.05) is 13.8 Å². The van der Waals surface area contributed by atoms with Gasteiger partial charge in [-0.2, -0.15) is 12.7 Å². The lowest BCUT2D eigenvalue weighted by molar-refractivity contribution is 0.158. The molecule has 0 aliphatic heterocycles. The highest BCUT2D eigenvalue weighted by Gasteiger charge is 2.24. The molecule has 0 aromatic rings. The van der Waals surface area contributed by atoms with Crippen LogP contribution in [0.15, 0.2) is 0 Å². The Bertz CT molecular complexity index is 343. The summed E-state index contributed by atoms with van der Waals surface area (Å²) in [4.78, 5) is 11.2. The van der Waals surface area contributed by atoms with Gasteiger partial charge in [0.1, 0.15) is 0 Å². The van der Waals surface area contributed by atoms with E-state index in [0.29, 0.717) is 19.5 Å². The lowest BCUT2D eigenvalue weighted by atomic mass is 10.2. The van der Waals surface area contributed by atoms with E-state index in [4.69, 9.17) is 5.73 Å². The Morgan fingerprint density at radius 3 is 2.50 bits per heavy atom. The molecule has 3 N–H and O–H groups in total. The van der Waals surface area contributed by atoms with Crippen molar-refractivity contribution in [1.29, 1.82) is 0 Å². The molecule has 0 heterocycles. The summed E-state index contributed by atoms with van der Waals surface area (Å²) < 4.78 is 31.5. The van der Waals surface area contributed by atoms with Crippen LogP contribution in [-0.2, 0) is 14.9 Å². The molecule has 1 amide bonds. The number of hydrogen-bond acceptors (Lipinski definition) is 5. The summed E-state index contributed by atoms with van der Waals surface area (Å²) >= 11 is 0. The lowest BCUT2D eigenvalue weighted by Gasteiger charge is -2.23. The Morgan fingerprint density at radius 1 is 1.44 bits per heavy atom. The first-order valence-corrected chi connectivity index (χ1v) is 7.42. The quantitative estimate of drug-likeness (QED) is 0.665. The fourth-order valence-electron chi connectivity index (χ4n) is 1.31. The number of hydrogen-bond donors (Lipinski definition) is 2. The van der Waals surface area contributed by atoms with Crippen LogP contribution < -0.4 is 10.5 Å². The van der Waals surface area contributed by atoms with Crippen LogP contribution in [-0.4, -0.2) is 45.1 Å². The molecule has 0 spiro atoms. The molecule has 0 saturated carbocycles. The van der Waals surface area contributed by atoms with Gasteiger partial charge in [0.15, 0.2) is 0 Å². The molecule has 18 heavy (non-hydrogen) atoms. The third-order valence-corrected chi connectivity index (χ3v) is 3.44. The Morgan fingerprint density at radius 2 is 2.06 bits per heavy atom. The van der Waals surface area contributed by atoms with Gasteiger partial charge in [-0.15, -0.1) is 0 Å². The largest absolute Gasteiger partial charge is 0.449 e. The fraction of sp³-hybridized carbons (Fsp3) is 0.900. The maximum Gasteiger partial charge on any atom is 0.421 e.